The Labute approximate surface area is 252 Å². The molecule has 2 aliphatic heterocycles. The van der Waals surface area contributed by atoms with Gasteiger partial charge in [-0.2, -0.15) is 23.4 Å². The SMILES string of the molecule is CC1(C)C2C(=O)N(Cc3cc4c(-c5cc(Cl)cc6cnn(C[C@@H]7CNCCO7)c56)ncnn4c3)C(=O)C21OC(=O)C(F)(F)F. The Morgan fingerprint density at radius 2 is 2.02 bits per heavy atom. The van der Waals surface area contributed by atoms with Crippen LogP contribution in [0.4, 0.5) is 13.2 Å². The molecule has 2 saturated heterocycles. The Bertz CT molecular complexity index is 1870. The molecule has 3 aliphatic rings. The number of fused-ring (bicyclic) bond motifs is 3. The number of imide groups is 1. The van der Waals surface area contributed by atoms with E-state index in [4.69, 9.17) is 21.1 Å². The van der Waals surface area contributed by atoms with Crippen molar-refractivity contribution in [3.8, 4) is 11.3 Å². The summed E-state index contributed by atoms with van der Waals surface area (Å²) in [6, 6.07) is 5.24. The van der Waals surface area contributed by atoms with Gasteiger partial charge in [-0.15, -0.1) is 0 Å². The summed E-state index contributed by atoms with van der Waals surface area (Å²) in [6.45, 7) is 5.11. The Balaban J connectivity index is 1.23. The molecule has 12 nitrogen and oxygen atoms in total. The standard InChI is InChI=1S/C28H25ClF3N7O5/c1-26(2)22-23(40)37(24(41)27(22,26)44-25(42)28(30,31)32)10-14-5-19-20(34-13-36-38(19)11-14)18-7-16(29)6-15-8-35-39(21(15)18)12-17-9-33-3-4-43-17/h5-8,11,13,17,22,33H,3-4,9-10,12H2,1-2H3/t17-,22?,27?/m0/s1. The molecule has 16 heteroatoms. The molecule has 1 saturated carbocycles. The van der Waals surface area contributed by atoms with Gasteiger partial charge < -0.3 is 14.8 Å². The summed E-state index contributed by atoms with van der Waals surface area (Å²) in [4.78, 5) is 43.7. The molecule has 0 bridgehead atoms. The van der Waals surface area contributed by atoms with Crippen LogP contribution < -0.4 is 5.32 Å². The number of likely N-dealkylation sites (tertiary alicyclic amines) is 1. The third-order valence-electron chi connectivity index (χ3n) is 8.70. The summed E-state index contributed by atoms with van der Waals surface area (Å²) in [6.07, 6.45) is -0.757. The molecule has 230 valence electrons. The second kappa shape index (κ2) is 9.71. The van der Waals surface area contributed by atoms with Crippen LogP contribution in [-0.2, 0) is 36.9 Å². The third-order valence-corrected chi connectivity index (χ3v) is 8.92. The molecule has 5 heterocycles. The number of halogens is 4. The number of hydrogen-bond donors (Lipinski definition) is 1. The zero-order valence-electron chi connectivity index (χ0n) is 23.4. The highest BCUT2D eigenvalue weighted by molar-refractivity contribution is 6.32. The van der Waals surface area contributed by atoms with Crippen LogP contribution in [0.25, 0.3) is 27.7 Å². The van der Waals surface area contributed by atoms with Crippen LogP contribution in [0.15, 0.2) is 36.9 Å². The lowest BCUT2D eigenvalue weighted by Crippen LogP contribution is -2.45. The zero-order chi connectivity index (χ0) is 31.2. The third kappa shape index (κ3) is 4.20. The lowest BCUT2D eigenvalue weighted by Gasteiger charge is -2.24. The minimum Gasteiger partial charge on any atom is -0.441 e. The number of alkyl halides is 3. The zero-order valence-corrected chi connectivity index (χ0v) is 24.1. The number of esters is 1. The number of carbonyl (C=O) groups excluding carboxylic acids is 3. The molecule has 4 aromatic rings. The molecule has 0 spiro atoms. The molecule has 1 N–H and O–H groups in total. The van der Waals surface area contributed by atoms with Crippen molar-refractivity contribution >= 4 is 45.8 Å². The molecule has 2 amide bonds. The number of nitrogens with zero attached hydrogens (tertiary/aromatic N) is 6. The largest absolute Gasteiger partial charge is 0.490 e. The van der Waals surface area contributed by atoms with Crippen molar-refractivity contribution in [3.63, 3.8) is 0 Å². The number of aromatic nitrogens is 5. The highest BCUT2D eigenvalue weighted by atomic mass is 35.5. The van der Waals surface area contributed by atoms with Gasteiger partial charge in [0.15, 0.2) is 0 Å². The molecule has 3 atom stereocenters. The quantitative estimate of drug-likeness (QED) is 0.252. The lowest BCUT2D eigenvalue weighted by atomic mass is 10.0. The van der Waals surface area contributed by atoms with Crippen LogP contribution in [0.3, 0.4) is 0 Å². The topological polar surface area (TPSA) is 133 Å². The van der Waals surface area contributed by atoms with Crippen LogP contribution >= 0.6 is 11.6 Å². The van der Waals surface area contributed by atoms with E-state index in [1.165, 1.54) is 24.7 Å². The lowest BCUT2D eigenvalue weighted by molar-refractivity contribution is -0.209. The Morgan fingerprint density at radius 1 is 1.23 bits per heavy atom. The van der Waals surface area contributed by atoms with Crippen molar-refractivity contribution in [2.75, 3.05) is 19.7 Å². The predicted octanol–water partition coefficient (Wildman–Crippen LogP) is 2.76. The van der Waals surface area contributed by atoms with Crippen LogP contribution in [0, 0.1) is 11.3 Å². The number of rotatable bonds is 6. The number of nitrogens with one attached hydrogen (secondary N) is 1. The molecule has 1 aliphatic carbocycles. The van der Waals surface area contributed by atoms with Crippen molar-refractivity contribution in [3.05, 3.63) is 47.5 Å². The van der Waals surface area contributed by atoms with Gasteiger partial charge in [0.25, 0.3) is 5.91 Å². The second-order valence-electron chi connectivity index (χ2n) is 11.7. The van der Waals surface area contributed by atoms with E-state index < -0.39 is 40.9 Å². The predicted molar refractivity (Wildman–Crippen MR) is 147 cm³/mol. The molecule has 2 unspecified atom stereocenters. The second-order valence-corrected chi connectivity index (χ2v) is 12.1. The molecular weight excluding hydrogens is 607 g/mol. The van der Waals surface area contributed by atoms with E-state index in [2.05, 4.69) is 20.5 Å². The first-order valence-electron chi connectivity index (χ1n) is 13.8. The van der Waals surface area contributed by atoms with Gasteiger partial charge in [0.05, 0.1) is 48.9 Å². The van der Waals surface area contributed by atoms with Crippen molar-refractivity contribution in [2.24, 2.45) is 11.3 Å². The fourth-order valence-electron chi connectivity index (χ4n) is 6.55. The van der Waals surface area contributed by atoms with E-state index in [0.717, 1.165) is 22.3 Å². The Morgan fingerprint density at radius 3 is 2.75 bits per heavy atom. The van der Waals surface area contributed by atoms with Gasteiger partial charge in [0.2, 0.25) is 11.5 Å². The molecule has 3 fully saturated rings. The van der Waals surface area contributed by atoms with Gasteiger partial charge in [-0.25, -0.2) is 14.3 Å². The maximum absolute atomic E-state index is 13.4. The molecule has 7 rings (SSSR count). The molecule has 1 aromatic carbocycles. The van der Waals surface area contributed by atoms with E-state index in [1.807, 2.05) is 4.68 Å². The fraction of sp³-hybridized carbons (Fsp3) is 0.429. The Hall–Kier alpha value is -4.08. The number of amides is 2. The molecule has 3 aromatic heterocycles. The minimum atomic E-state index is -5.31. The Kier molecular flexibility index (Phi) is 6.33. The number of piperidine rings is 1. The smallest absolute Gasteiger partial charge is 0.441 e. The summed E-state index contributed by atoms with van der Waals surface area (Å²) in [5, 5.41) is 13.4. The van der Waals surface area contributed by atoms with Crippen LogP contribution in [0.5, 0.6) is 0 Å². The van der Waals surface area contributed by atoms with Gasteiger partial charge in [0, 0.05) is 40.7 Å². The van der Waals surface area contributed by atoms with Gasteiger partial charge in [-0.05, 0) is 23.8 Å². The van der Waals surface area contributed by atoms with Crippen LogP contribution in [0.2, 0.25) is 5.02 Å². The monoisotopic (exact) mass is 631 g/mol. The summed E-state index contributed by atoms with van der Waals surface area (Å²) in [7, 11) is 0. The average Bonchev–Trinajstić information content (AvgIpc) is 3.36. The van der Waals surface area contributed by atoms with Crippen LogP contribution in [-0.4, -0.2) is 84.6 Å². The van der Waals surface area contributed by atoms with Gasteiger partial charge in [0.1, 0.15) is 12.0 Å². The van der Waals surface area contributed by atoms with E-state index in [9.17, 15) is 27.6 Å². The molecule has 0 radical (unpaired) electrons. The van der Waals surface area contributed by atoms with E-state index in [0.29, 0.717) is 47.1 Å². The van der Waals surface area contributed by atoms with Gasteiger partial charge >= 0.3 is 12.1 Å². The number of morpholine rings is 1. The summed E-state index contributed by atoms with van der Waals surface area (Å²) in [5.74, 6) is -5.43. The van der Waals surface area contributed by atoms with Crippen LogP contribution in [0.1, 0.15) is 19.4 Å². The normalized spacial score (nSPS) is 24.7. The number of ether oxygens (including phenoxy) is 2. The fourth-order valence-corrected chi connectivity index (χ4v) is 6.78. The van der Waals surface area contributed by atoms with E-state index in [1.54, 1.807) is 30.6 Å². The first-order valence-corrected chi connectivity index (χ1v) is 14.2. The first-order chi connectivity index (χ1) is 20.8. The maximum atomic E-state index is 13.4. The van der Waals surface area contributed by atoms with E-state index in [-0.39, 0.29) is 12.6 Å². The molecule has 44 heavy (non-hydrogen) atoms. The number of benzene rings is 1. The van der Waals surface area contributed by atoms with Gasteiger partial charge in [-0.3, -0.25) is 19.2 Å². The minimum absolute atomic E-state index is 0.0916. The first kappa shape index (κ1) is 28.7. The van der Waals surface area contributed by atoms with Crippen molar-refractivity contribution in [1.82, 2.24) is 34.6 Å². The van der Waals surface area contributed by atoms with Crippen molar-refractivity contribution in [1.29, 1.82) is 0 Å². The van der Waals surface area contributed by atoms with Crippen molar-refractivity contribution in [2.45, 2.75) is 44.8 Å². The highest BCUT2D eigenvalue weighted by Gasteiger charge is 2.88. The summed E-state index contributed by atoms with van der Waals surface area (Å²) in [5.41, 5.74) is -0.559. The number of carbonyl (C=O) groups is 3. The highest BCUT2D eigenvalue weighted by Crippen LogP contribution is 2.69. The number of hydrogen-bond acceptors (Lipinski definition) is 9. The summed E-state index contributed by atoms with van der Waals surface area (Å²) >= 11 is 6.48. The average molecular weight is 632 g/mol. The summed E-state index contributed by atoms with van der Waals surface area (Å²) < 4.78 is 53.0. The van der Waals surface area contributed by atoms with E-state index >= 15 is 0 Å². The van der Waals surface area contributed by atoms with Crippen molar-refractivity contribution < 1.29 is 37.0 Å². The molecular formula is C28H25ClF3N7O5. The maximum Gasteiger partial charge on any atom is 0.490 e. The van der Waals surface area contributed by atoms with Gasteiger partial charge in [-0.1, -0.05) is 25.4 Å².